The lowest BCUT2D eigenvalue weighted by Crippen LogP contribution is -2.33. The second-order valence-corrected chi connectivity index (χ2v) is 7.10. The molecule has 0 aliphatic rings. The molecule has 8 heteroatoms. The van der Waals surface area contributed by atoms with E-state index in [2.05, 4.69) is 0 Å². The standard InChI is InChI=1S/C25H28O8/c1-29-19-6-4-5-7-20(19)32-24(15-27)25(17-9-10-18(28)22(13-17)30-2)33-21-11-8-16(14-26)12-23(21)31-3/h4-13,24-28H,14-15H2,1-3H3/t24-,25+/m0/s1. The Labute approximate surface area is 192 Å². The molecule has 0 aromatic heterocycles. The van der Waals surface area contributed by atoms with E-state index in [0.717, 1.165) is 0 Å². The van der Waals surface area contributed by atoms with Crippen molar-refractivity contribution in [1.82, 2.24) is 0 Å². The Morgan fingerprint density at radius 1 is 0.697 bits per heavy atom. The van der Waals surface area contributed by atoms with Crippen LogP contribution in [-0.2, 0) is 6.61 Å². The van der Waals surface area contributed by atoms with Gasteiger partial charge < -0.3 is 39.0 Å². The van der Waals surface area contributed by atoms with Gasteiger partial charge in [0.05, 0.1) is 34.5 Å². The number of hydrogen-bond acceptors (Lipinski definition) is 8. The molecule has 0 bridgehead atoms. The van der Waals surface area contributed by atoms with Gasteiger partial charge in [-0.1, -0.05) is 24.3 Å². The largest absolute Gasteiger partial charge is 0.504 e. The zero-order valence-corrected chi connectivity index (χ0v) is 18.7. The molecule has 3 aromatic carbocycles. The lowest BCUT2D eigenvalue weighted by atomic mass is 10.0. The van der Waals surface area contributed by atoms with Crippen molar-refractivity contribution in [3.63, 3.8) is 0 Å². The quantitative estimate of drug-likeness (QED) is 0.403. The molecule has 0 radical (unpaired) electrons. The zero-order chi connectivity index (χ0) is 23.8. The smallest absolute Gasteiger partial charge is 0.163 e. The van der Waals surface area contributed by atoms with Crippen LogP contribution in [0.15, 0.2) is 60.7 Å². The Morgan fingerprint density at radius 2 is 1.36 bits per heavy atom. The maximum Gasteiger partial charge on any atom is 0.163 e. The first-order chi connectivity index (χ1) is 16.0. The van der Waals surface area contributed by atoms with Crippen molar-refractivity contribution >= 4 is 0 Å². The first-order valence-corrected chi connectivity index (χ1v) is 10.3. The third kappa shape index (κ3) is 5.60. The van der Waals surface area contributed by atoms with E-state index in [9.17, 15) is 15.3 Å². The molecule has 176 valence electrons. The van der Waals surface area contributed by atoms with E-state index in [0.29, 0.717) is 34.1 Å². The molecule has 2 atom stereocenters. The van der Waals surface area contributed by atoms with Crippen molar-refractivity contribution in [3.05, 3.63) is 71.8 Å². The Morgan fingerprint density at radius 3 is 2.00 bits per heavy atom. The molecule has 3 aromatic rings. The minimum absolute atomic E-state index is 0.0314. The minimum Gasteiger partial charge on any atom is -0.504 e. The molecule has 0 aliphatic carbocycles. The summed E-state index contributed by atoms with van der Waals surface area (Å²) >= 11 is 0. The molecule has 0 saturated carbocycles. The number of aliphatic hydroxyl groups is 2. The fourth-order valence-corrected chi connectivity index (χ4v) is 3.35. The van der Waals surface area contributed by atoms with E-state index < -0.39 is 12.2 Å². The van der Waals surface area contributed by atoms with Crippen molar-refractivity contribution in [2.75, 3.05) is 27.9 Å². The van der Waals surface area contributed by atoms with E-state index in [1.807, 2.05) is 6.07 Å². The van der Waals surface area contributed by atoms with Gasteiger partial charge in [0.1, 0.15) is 0 Å². The lowest BCUT2D eigenvalue weighted by molar-refractivity contribution is 0.0121. The average Bonchev–Trinajstić information content (AvgIpc) is 2.86. The van der Waals surface area contributed by atoms with Crippen LogP contribution in [0.3, 0.4) is 0 Å². The molecule has 0 amide bonds. The average molecular weight is 456 g/mol. The molecule has 0 aliphatic heterocycles. The molecule has 33 heavy (non-hydrogen) atoms. The SMILES string of the molecule is COc1cc([C@@H](Oc2ccc(CO)cc2OC)[C@H](CO)Oc2ccccc2OC)ccc1O. The van der Waals surface area contributed by atoms with Crippen LogP contribution in [0.1, 0.15) is 17.2 Å². The van der Waals surface area contributed by atoms with Crippen LogP contribution in [-0.4, -0.2) is 49.4 Å². The van der Waals surface area contributed by atoms with Crippen molar-refractivity contribution in [1.29, 1.82) is 0 Å². The third-order valence-electron chi connectivity index (χ3n) is 5.06. The van der Waals surface area contributed by atoms with Crippen LogP contribution in [0.4, 0.5) is 0 Å². The van der Waals surface area contributed by atoms with Crippen LogP contribution < -0.4 is 23.7 Å². The van der Waals surface area contributed by atoms with Crippen LogP contribution >= 0.6 is 0 Å². The molecule has 0 spiro atoms. The first-order valence-electron chi connectivity index (χ1n) is 10.3. The summed E-state index contributed by atoms with van der Waals surface area (Å²) in [6.45, 7) is -0.533. The predicted molar refractivity (Wildman–Crippen MR) is 121 cm³/mol. The van der Waals surface area contributed by atoms with Gasteiger partial charge in [-0.05, 0) is 42.0 Å². The highest BCUT2D eigenvalue weighted by molar-refractivity contribution is 5.46. The molecule has 0 unspecified atom stereocenters. The number of benzene rings is 3. The second-order valence-electron chi connectivity index (χ2n) is 7.10. The zero-order valence-electron chi connectivity index (χ0n) is 18.7. The number of para-hydroxylation sites is 2. The fraction of sp³-hybridized carbons (Fsp3) is 0.280. The molecule has 0 saturated heterocycles. The summed E-state index contributed by atoms with van der Waals surface area (Å²) in [5.41, 5.74) is 1.25. The van der Waals surface area contributed by atoms with Gasteiger partial charge in [0, 0.05) is 5.56 Å². The number of ether oxygens (including phenoxy) is 5. The molecule has 8 nitrogen and oxygen atoms in total. The maximum absolute atomic E-state index is 10.3. The number of methoxy groups -OCH3 is 3. The summed E-state index contributed by atoms with van der Waals surface area (Å²) in [6.07, 6.45) is -1.69. The van der Waals surface area contributed by atoms with E-state index in [-0.39, 0.29) is 24.7 Å². The summed E-state index contributed by atoms with van der Waals surface area (Å²) in [4.78, 5) is 0. The Kier molecular flexibility index (Phi) is 8.23. The van der Waals surface area contributed by atoms with Crippen molar-refractivity contribution in [2.24, 2.45) is 0 Å². The van der Waals surface area contributed by atoms with Crippen LogP contribution in [0.5, 0.6) is 34.5 Å². The van der Waals surface area contributed by atoms with Gasteiger partial charge in [0.15, 0.2) is 46.7 Å². The van der Waals surface area contributed by atoms with Crippen molar-refractivity contribution in [3.8, 4) is 34.5 Å². The number of rotatable bonds is 11. The molecule has 0 heterocycles. The van der Waals surface area contributed by atoms with Gasteiger partial charge in [-0.3, -0.25) is 0 Å². The topological polar surface area (TPSA) is 107 Å². The molecule has 0 fully saturated rings. The Bertz CT molecular complexity index is 1050. The van der Waals surface area contributed by atoms with E-state index >= 15 is 0 Å². The molecule has 3 N–H and O–H groups in total. The maximum atomic E-state index is 10.3. The monoisotopic (exact) mass is 456 g/mol. The highest BCUT2D eigenvalue weighted by atomic mass is 16.6. The van der Waals surface area contributed by atoms with Gasteiger partial charge in [0.25, 0.3) is 0 Å². The van der Waals surface area contributed by atoms with Gasteiger partial charge in [-0.2, -0.15) is 0 Å². The third-order valence-corrected chi connectivity index (χ3v) is 5.06. The van der Waals surface area contributed by atoms with Crippen LogP contribution in [0, 0.1) is 0 Å². The molecular formula is C25H28O8. The highest BCUT2D eigenvalue weighted by Gasteiger charge is 2.29. The Balaban J connectivity index is 2.04. The number of aromatic hydroxyl groups is 1. The van der Waals surface area contributed by atoms with Crippen molar-refractivity contribution in [2.45, 2.75) is 18.8 Å². The van der Waals surface area contributed by atoms with Gasteiger partial charge in [-0.15, -0.1) is 0 Å². The first kappa shape index (κ1) is 24.0. The second kappa shape index (κ2) is 11.3. The van der Waals surface area contributed by atoms with Crippen molar-refractivity contribution < 1.29 is 39.0 Å². The highest BCUT2D eigenvalue weighted by Crippen LogP contribution is 2.38. The number of aliphatic hydroxyl groups excluding tert-OH is 2. The lowest BCUT2D eigenvalue weighted by Gasteiger charge is -2.29. The normalized spacial score (nSPS) is 12.5. The number of hydrogen-bond donors (Lipinski definition) is 3. The molecular weight excluding hydrogens is 428 g/mol. The number of phenols is 1. The number of phenolic OH excluding ortho intramolecular Hbond substituents is 1. The van der Waals surface area contributed by atoms with Gasteiger partial charge in [0.2, 0.25) is 0 Å². The summed E-state index contributed by atoms with van der Waals surface area (Å²) in [6, 6.07) is 16.9. The van der Waals surface area contributed by atoms with E-state index in [1.165, 1.54) is 27.4 Å². The minimum atomic E-state index is -0.863. The summed E-state index contributed by atoms with van der Waals surface area (Å²) in [5, 5.41) is 29.7. The van der Waals surface area contributed by atoms with Gasteiger partial charge >= 0.3 is 0 Å². The van der Waals surface area contributed by atoms with Crippen LogP contribution in [0.2, 0.25) is 0 Å². The predicted octanol–water partition coefficient (Wildman–Crippen LogP) is 3.47. The fourth-order valence-electron chi connectivity index (χ4n) is 3.35. The van der Waals surface area contributed by atoms with E-state index in [4.69, 9.17) is 23.7 Å². The van der Waals surface area contributed by atoms with Gasteiger partial charge in [-0.25, -0.2) is 0 Å². The molecule has 3 rings (SSSR count). The van der Waals surface area contributed by atoms with Crippen LogP contribution in [0.25, 0.3) is 0 Å². The summed E-state index contributed by atoms with van der Waals surface area (Å²) in [7, 11) is 4.47. The summed E-state index contributed by atoms with van der Waals surface area (Å²) in [5.74, 6) is 1.94. The van der Waals surface area contributed by atoms with E-state index in [1.54, 1.807) is 48.5 Å². The summed E-state index contributed by atoms with van der Waals surface area (Å²) < 4.78 is 28.4. The Hall–Kier alpha value is -3.62.